The summed E-state index contributed by atoms with van der Waals surface area (Å²) >= 11 is 7.44. The van der Waals surface area contributed by atoms with Gasteiger partial charge in [0.1, 0.15) is 12.3 Å². The average Bonchev–Trinajstić information content (AvgIpc) is 3.11. The number of halogens is 1. The molecule has 102 valence electrons. The van der Waals surface area contributed by atoms with Gasteiger partial charge in [-0.05, 0) is 40.3 Å². The van der Waals surface area contributed by atoms with Gasteiger partial charge in [0.15, 0.2) is 0 Å². The summed E-state index contributed by atoms with van der Waals surface area (Å²) < 4.78 is 7.02. The second-order valence-corrected chi connectivity index (χ2v) is 5.49. The summed E-state index contributed by atoms with van der Waals surface area (Å²) in [6.45, 7) is 0.531. The lowest BCUT2D eigenvalue weighted by atomic mass is 10.2. The molecule has 0 fully saturated rings. The van der Waals surface area contributed by atoms with Crippen LogP contribution in [0.3, 0.4) is 0 Å². The molecule has 2 heterocycles. The van der Waals surface area contributed by atoms with Crippen LogP contribution in [0.4, 0.5) is 0 Å². The fourth-order valence-electron chi connectivity index (χ4n) is 1.68. The van der Waals surface area contributed by atoms with Crippen LogP contribution in [0.15, 0.2) is 52.2 Å². The third-order valence-electron chi connectivity index (χ3n) is 2.67. The molecular weight excluding hydrogens is 296 g/mol. The van der Waals surface area contributed by atoms with E-state index in [0.29, 0.717) is 6.54 Å². The number of furan rings is 1. The van der Waals surface area contributed by atoms with E-state index in [1.807, 2.05) is 36.4 Å². The first-order valence-corrected chi connectivity index (χ1v) is 7.33. The molecule has 3 rings (SSSR count). The quantitative estimate of drug-likeness (QED) is 0.677. The van der Waals surface area contributed by atoms with E-state index in [4.69, 9.17) is 16.0 Å². The summed E-state index contributed by atoms with van der Waals surface area (Å²) in [6.07, 6.45) is 1.64. The van der Waals surface area contributed by atoms with E-state index in [-0.39, 0.29) is 0 Å². The number of tetrazole rings is 1. The van der Waals surface area contributed by atoms with Crippen LogP contribution < -0.4 is 0 Å². The minimum Gasteiger partial charge on any atom is -0.467 e. The summed E-state index contributed by atoms with van der Waals surface area (Å²) in [5.41, 5.74) is 1.17. The van der Waals surface area contributed by atoms with Gasteiger partial charge in [0.2, 0.25) is 5.16 Å². The Hall–Kier alpha value is -1.79. The lowest BCUT2D eigenvalue weighted by Crippen LogP contribution is -2.03. The van der Waals surface area contributed by atoms with Crippen LogP contribution >= 0.6 is 23.4 Å². The Morgan fingerprint density at radius 1 is 1.20 bits per heavy atom. The second kappa shape index (κ2) is 6.11. The van der Waals surface area contributed by atoms with E-state index in [2.05, 4.69) is 15.5 Å². The van der Waals surface area contributed by atoms with E-state index in [0.717, 1.165) is 21.7 Å². The van der Waals surface area contributed by atoms with Gasteiger partial charge in [-0.1, -0.05) is 35.5 Å². The van der Waals surface area contributed by atoms with Gasteiger partial charge in [0.05, 0.1) is 6.26 Å². The van der Waals surface area contributed by atoms with E-state index in [9.17, 15) is 0 Å². The van der Waals surface area contributed by atoms with Crippen molar-refractivity contribution in [1.29, 1.82) is 0 Å². The molecular formula is C13H11ClN4OS. The summed E-state index contributed by atoms with van der Waals surface area (Å²) in [5, 5.41) is 13.2. The lowest BCUT2D eigenvalue weighted by molar-refractivity contribution is 0.462. The number of thioether (sulfide) groups is 1. The molecule has 0 radical (unpaired) electrons. The van der Waals surface area contributed by atoms with Crippen molar-refractivity contribution in [3.63, 3.8) is 0 Å². The van der Waals surface area contributed by atoms with Crippen LogP contribution in [-0.4, -0.2) is 20.2 Å². The lowest BCUT2D eigenvalue weighted by Gasteiger charge is -2.03. The highest BCUT2D eigenvalue weighted by molar-refractivity contribution is 7.98. The zero-order chi connectivity index (χ0) is 13.8. The predicted octanol–water partition coefficient (Wildman–Crippen LogP) is 3.26. The van der Waals surface area contributed by atoms with Gasteiger partial charge in [-0.2, -0.15) is 0 Å². The molecule has 0 bridgehead atoms. The highest BCUT2D eigenvalue weighted by atomic mass is 35.5. The van der Waals surface area contributed by atoms with E-state index in [1.54, 1.807) is 22.7 Å². The maximum atomic E-state index is 5.86. The molecule has 0 unspecified atom stereocenters. The first kappa shape index (κ1) is 13.2. The van der Waals surface area contributed by atoms with Crippen molar-refractivity contribution in [3.8, 4) is 0 Å². The van der Waals surface area contributed by atoms with Crippen LogP contribution in [0.2, 0.25) is 5.02 Å². The van der Waals surface area contributed by atoms with Crippen LogP contribution in [0, 0.1) is 0 Å². The molecule has 0 aliphatic carbocycles. The van der Waals surface area contributed by atoms with Crippen molar-refractivity contribution >= 4 is 23.4 Å². The number of hydrogen-bond acceptors (Lipinski definition) is 5. The van der Waals surface area contributed by atoms with Gasteiger partial charge in [0, 0.05) is 10.8 Å². The van der Waals surface area contributed by atoms with Crippen molar-refractivity contribution < 1.29 is 4.42 Å². The molecule has 0 spiro atoms. The number of aromatic nitrogens is 4. The topological polar surface area (TPSA) is 56.7 Å². The molecule has 3 aromatic rings. The van der Waals surface area contributed by atoms with Crippen LogP contribution in [-0.2, 0) is 12.3 Å². The molecule has 20 heavy (non-hydrogen) atoms. The van der Waals surface area contributed by atoms with Crippen LogP contribution in [0.25, 0.3) is 0 Å². The second-order valence-electron chi connectivity index (χ2n) is 4.11. The van der Waals surface area contributed by atoms with Gasteiger partial charge in [-0.3, -0.25) is 0 Å². The van der Waals surface area contributed by atoms with Crippen molar-refractivity contribution in [3.05, 3.63) is 59.0 Å². The molecule has 0 saturated carbocycles. The summed E-state index contributed by atoms with van der Waals surface area (Å²) in [7, 11) is 0. The Balaban J connectivity index is 1.66. The van der Waals surface area contributed by atoms with E-state index >= 15 is 0 Å². The molecule has 0 amide bonds. The van der Waals surface area contributed by atoms with Gasteiger partial charge in [-0.25, -0.2) is 4.68 Å². The Bertz CT molecular complexity index is 666. The molecule has 2 aromatic heterocycles. The van der Waals surface area contributed by atoms with Crippen molar-refractivity contribution in [2.75, 3.05) is 0 Å². The Morgan fingerprint density at radius 2 is 2.05 bits per heavy atom. The van der Waals surface area contributed by atoms with E-state index < -0.39 is 0 Å². The molecule has 0 saturated heterocycles. The molecule has 0 atom stereocenters. The first-order valence-electron chi connectivity index (χ1n) is 5.97. The van der Waals surface area contributed by atoms with Crippen molar-refractivity contribution in [2.24, 2.45) is 0 Å². The fraction of sp³-hybridized carbons (Fsp3) is 0.154. The SMILES string of the molecule is Clc1ccc(CSc2nnnn2Cc2ccco2)cc1. The monoisotopic (exact) mass is 306 g/mol. The third-order valence-corrected chi connectivity index (χ3v) is 3.95. The maximum Gasteiger partial charge on any atom is 0.210 e. The highest BCUT2D eigenvalue weighted by Crippen LogP contribution is 2.21. The van der Waals surface area contributed by atoms with Crippen LogP contribution in [0.1, 0.15) is 11.3 Å². The Morgan fingerprint density at radius 3 is 2.80 bits per heavy atom. The highest BCUT2D eigenvalue weighted by Gasteiger charge is 2.09. The number of nitrogens with zero attached hydrogens (tertiary/aromatic N) is 4. The predicted molar refractivity (Wildman–Crippen MR) is 76.6 cm³/mol. The van der Waals surface area contributed by atoms with Crippen LogP contribution in [0.5, 0.6) is 0 Å². The molecule has 1 aromatic carbocycles. The molecule has 0 aliphatic heterocycles. The zero-order valence-electron chi connectivity index (χ0n) is 10.4. The molecule has 5 nitrogen and oxygen atoms in total. The maximum absolute atomic E-state index is 5.86. The summed E-state index contributed by atoms with van der Waals surface area (Å²) in [5.74, 6) is 1.61. The number of hydrogen-bond donors (Lipinski definition) is 0. The largest absolute Gasteiger partial charge is 0.467 e. The standard InChI is InChI=1S/C13H11ClN4OS/c14-11-5-3-10(4-6-11)9-20-13-15-16-17-18(13)8-12-2-1-7-19-12/h1-7H,8-9H2. The molecule has 0 aliphatic rings. The first-order chi connectivity index (χ1) is 9.81. The van der Waals surface area contributed by atoms with Gasteiger partial charge < -0.3 is 4.42 Å². The third kappa shape index (κ3) is 3.20. The zero-order valence-corrected chi connectivity index (χ0v) is 12.0. The van der Waals surface area contributed by atoms with Crippen molar-refractivity contribution in [2.45, 2.75) is 17.5 Å². The van der Waals surface area contributed by atoms with Gasteiger partial charge in [0.25, 0.3) is 0 Å². The van der Waals surface area contributed by atoms with Gasteiger partial charge in [-0.15, -0.1) is 5.10 Å². The van der Waals surface area contributed by atoms with E-state index in [1.165, 1.54) is 5.56 Å². The molecule has 0 N–H and O–H groups in total. The Labute approximate surface area is 124 Å². The summed E-state index contributed by atoms with van der Waals surface area (Å²) in [6, 6.07) is 11.5. The average molecular weight is 307 g/mol. The molecule has 7 heteroatoms. The van der Waals surface area contributed by atoms with Crippen molar-refractivity contribution in [1.82, 2.24) is 20.2 Å². The fourth-order valence-corrected chi connectivity index (χ4v) is 2.64. The van der Waals surface area contributed by atoms with Gasteiger partial charge >= 0.3 is 0 Å². The minimum atomic E-state index is 0.531. The smallest absolute Gasteiger partial charge is 0.210 e. The minimum absolute atomic E-state index is 0.531. The Kier molecular flexibility index (Phi) is 4.03. The number of benzene rings is 1. The number of rotatable bonds is 5. The normalized spacial score (nSPS) is 10.8. The summed E-state index contributed by atoms with van der Waals surface area (Å²) in [4.78, 5) is 0.